The van der Waals surface area contributed by atoms with E-state index >= 15 is 0 Å². The molecule has 0 radical (unpaired) electrons. The van der Waals surface area contributed by atoms with Crippen molar-refractivity contribution in [2.45, 2.75) is 6.54 Å². The lowest BCUT2D eigenvalue weighted by Gasteiger charge is -2.11. The highest BCUT2D eigenvalue weighted by Gasteiger charge is 2.13. The molecule has 2 heterocycles. The lowest BCUT2D eigenvalue weighted by molar-refractivity contribution is 0.0998. The van der Waals surface area contributed by atoms with Gasteiger partial charge in [-0.3, -0.25) is 4.79 Å². The molecule has 0 bridgehead atoms. The Hall–Kier alpha value is -3.10. The van der Waals surface area contributed by atoms with Crippen LogP contribution in [0.4, 0.5) is 0 Å². The number of H-pyrrole nitrogens is 1. The number of fused-ring (bicyclic) bond motifs is 1. The van der Waals surface area contributed by atoms with Crippen molar-refractivity contribution in [1.29, 1.82) is 0 Å². The van der Waals surface area contributed by atoms with Crippen LogP contribution < -0.4 is 15.8 Å². The number of hydrogen-bond donors (Lipinski definition) is 3. The van der Waals surface area contributed by atoms with Gasteiger partial charge in [0.05, 0.1) is 10.5 Å². The summed E-state index contributed by atoms with van der Waals surface area (Å²) in [6.07, 6.45) is 1.70. The molecule has 0 unspecified atom stereocenters. The van der Waals surface area contributed by atoms with Gasteiger partial charge in [0.25, 0.3) is 5.91 Å². The van der Waals surface area contributed by atoms with Gasteiger partial charge in [0, 0.05) is 43.4 Å². The topological polar surface area (TPSA) is 109 Å². The highest BCUT2D eigenvalue weighted by molar-refractivity contribution is 6.35. The number of nitrogens with two attached hydrogens (primary N) is 1. The Morgan fingerprint density at radius 3 is 2.86 bits per heavy atom. The van der Waals surface area contributed by atoms with Gasteiger partial charge in [-0.2, -0.15) is 4.99 Å². The van der Waals surface area contributed by atoms with Crippen molar-refractivity contribution >= 4 is 34.4 Å². The van der Waals surface area contributed by atoms with Crippen molar-refractivity contribution < 1.29 is 9.53 Å². The van der Waals surface area contributed by atoms with Gasteiger partial charge in [0.15, 0.2) is 5.96 Å². The normalized spacial score (nSPS) is 11.8. The Morgan fingerprint density at radius 2 is 2.14 bits per heavy atom. The number of aromatic amines is 1. The van der Waals surface area contributed by atoms with Crippen molar-refractivity contribution in [3.8, 4) is 11.6 Å². The second-order valence-electron chi connectivity index (χ2n) is 6.44. The van der Waals surface area contributed by atoms with Crippen molar-refractivity contribution in [3.63, 3.8) is 0 Å². The first-order chi connectivity index (χ1) is 13.4. The molecule has 0 aliphatic carbocycles. The first kappa shape index (κ1) is 19.7. The molecule has 0 aliphatic rings. The third-order valence-electron chi connectivity index (χ3n) is 3.89. The third kappa shape index (κ3) is 4.59. The SMILES string of the molecule is CNC(N)=NC(=O)c1cc2c(Cl)cc(Oc3cc(CN(C)C)ccn3)cc2[nH]1. The van der Waals surface area contributed by atoms with E-state index < -0.39 is 5.91 Å². The zero-order chi connectivity index (χ0) is 20.3. The lowest BCUT2D eigenvalue weighted by Crippen LogP contribution is -2.28. The van der Waals surface area contributed by atoms with E-state index in [9.17, 15) is 4.79 Å². The van der Waals surface area contributed by atoms with Crippen LogP contribution >= 0.6 is 11.6 Å². The number of rotatable bonds is 5. The Morgan fingerprint density at radius 1 is 1.36 bits per heavy atom. The molecule has 146 valence electrons. The van der Waals surface area contributed by atoms with Crippen LogP contribution in [0.5, 0.6) is 11.6 Å². The van der Waals surface area contributed by atoms with Crippen LogP contribution in [0.1, 0.15) is 16.1 Å². The number of ether oxygens (including phenoxy) is 1. The van der Waals surface area contributed by atoms with Gasteiger partial charge in [-0.05, 0) is 31.8 Å². The third-order valence-corrected chi connectivity index (χ3v) is 4.20. The van der Waals surface area contributed by atoms with Crippen molar-refractivity contribution in [1.82, 2.24) is 20.2 Å². The number of carbonyl (C=O) groups is 1. The molecule has 28 heavy (non-hydrogen) atoms. The van der Waals surface area contributed by atoms with Crippen molar-refractivity contribution in [3.05, 3.63) is 52.8 Å². The smallest absolute Gasteiger partial charge is 0.296 e. The van der Waals surface area contributed by atoms with Gasteiger partial charge >= 0.3 is 0 Å². The van der Waals surface area contributed by atoms with Crippen molar-refractivity contribution in [2.75, 3.05) is 21.1 Å². The molecule has 2 aromatic heterocycles. The molecule has 1 amide bonds. The number of pyridine rings is 1. The van der Waals surface area contributed by atoms with Crippen LogP contribution in [-0.2, 0) is 6.54 Å². The van der Waals surface area contributed by atoms with E-state index in [1.165, 1.54) is 0 Å². The molecule has 0 spiro atoms. The van der Waals surface area contributed by atoms with Gasteiger partial charge in [-0.15, -0.1) is 0 Å². The van der Waals surface area contributed by atoms with E-state index in [-0.39, 0.29) is 11.7 Å². The molecule has 8 nitrogen and oxygen atoms in total. The maximum Gasteiger partial charge on any atom is 0.296 e. The monoisotopic (exact) mass is 400 g/mol. The van der Waals surface area contributed by atoms with Crippen LogP contribution in [0, 0.1) is 0 Å². The number of amides is 1. The number of halogens is 1. The molecule has 3 aromatic rings. The van der Waals surface area contributed by atoms with Crippen LogP contribution in [-0.4, -0.2) is 47.9 Å². The zero-order valence-electron chi connectivity index (χ0n) is 15.8. The van der Waals surface area contributed by atoms with Gasteiger partial charge < -0.3 is 25.7 Å². The van der Waals surface area contributed by atoms with E-state index in [1.54, 1.807) is 31.4 Å². The Kier molecular flexibility index (Phi) is 5.81. The molecule has 4 N–H and O–H groups in total. The fourth-order valence-corrected chi connectivity index (χ4v) is 2.92. The summed E-state index contributed by atoms with van der Waals surface area (Å²) in [6.45, 7) is 0.775. The minimum absolute atomic E-state index is 0.0301. The maximum atomic E-state index is 12.2. The number of guanidine groups is 1. The molecule has 0 atom stereocenters. The van der Waals surface area contributed by atoms with Gasteiger partial charge in [-0.1, -0.05) is 11.6 Å². The molecule has 3 rings (SSSR count). The van der Waals surface area contributed by atoms with Crippen LogP contribution in [0.2, 0.25) is 5.02 Å². The Balaban J connectivity index is 1.88. The van der Waals surface area contributed by atoms with Crippen LogP contribution in [0.15, 0.2) is 41.5 Å². The summed E-state index contributed by atoms with van der Waals surface area (Å²) in [4.78, 5) is 25.2. The van der Waals surface area contributed by atoms with Gasteiger partial charge in [0.1, 0.15) is 11.4 Å². The van der Waals surface area contributed by atoms with Crippen LogP contribution in [0.25, 0.3) is 10.9 Å². The fraction of sp³-hybridized carbons (Fsp3) is 0.211. The second-order valence-corrected chi connectivity index (χ2v) is 6.85. The minimum atomic E-state index is -0.500. The Bertz CT molecular complexity index is 1040. The summed E-state index contributed by atoms with van der Waals surface area (Å²) in [5.74, 6) is 0.497. The first-order valence-corrected chi connectivity index (χ1v) is 8.89. The van der Waals surface area contributed by atoms with E-state index in [4.69, 9.17) is 22.1 Å². The fourth-order valence-electron chi connectivity index (χ4n) is 2.66. The molecule has 0 fully saturated rings. The molecule has 0 saturated carbocycles. The molecule has 0 aliphatic heterocycles. The largest absolute Gasteiger partial charge is 0.439 e. The van der Waals surface area contributed by atoms with E-state index in [0.717, 1.165) is 12.1 Å². The standard InChI is InChI=1S/C19H21ClN6O2/c1-22-19(21)25-18(27)16-9-13-14(20)7-12(8-15(13)24-16)28-17-6-11(4-5-23-17)10-26(2)3/h4-9,24H,10H2,1-3H3,(H3,21,22,25,27). The van der Waals surface area contributed by atoms with E-state index in [1.807, 2.05) is 26.2 Å². The molecule has 0 saturated heterocycles. The first-order valence-electron chi connectivity index (χ1n) is 8.51. The summed E-state index contributed by atoms with van der Waals surface area (Å²) in [7, 11) is 5.57. The summed E-state index contributed by atoms with van der Waals surface area (Å²) in [5.41, 5.74) is 7.54. The van der Waals surface area contributed by atoms with E-state index in [2.05, 4.69) is 25.2 Å². The van der Waals surface area contributed by atoms with Gasteiger partial charge in [0.2, 0.25) is 5.88 Å². The lowest BCUT2D eigenvalue weighted by atomic mass is 10.2. The highest BCUT2D eigenvalue weighted by atomic mass is 35.5. The Labute approximate surface area is 167 Å². The second kappa shape index (κ2) is 8.28. The zero-order valence-corrected chi connectivity index (χ0v) is 16.5. The molecule has 1 aromatic carbocycles. The molecular formula is C19H21ClN6O2. The maximum absolute atomic E-state index is 12.2. The highest BCUT2D eigenvalue weighted by Crippen LogP contribution is 2.32. The predicted octanol–water partition coefficient (Wildman–Crippen LogP) is 2.74. The summed E-state index contributed by atoms with van der Waals surface area (Å²) >= 11 is 6.37. The number of hydrogen-bond acceptors (Lipinski definition) is 4. The number of nitrogens with zero attached hydrogens (tertiary/aromatic N) is 3. The number of benzene rings is 1. The number of aromatic nitrogens is 2. The van der Waals surface area contributed by atoms with Crippen molar-refractivity contribution in [2.24, 2.45) is 10.7 Å². The summed E-state index contributed by atoms with van der Waals surface area (Å²) in [6, 6.07) is 8.87. The van der Waals surface area contributed by atoms with Gasteiger partial charge in [-0.25, -0.2) is 4.98 Å². The number of nitrogens with one attached hydrogen (secondary N) is 2. The average Bonchev–Trinajstić information content (AvgIpc) is 3.06. The summed E-state index contributed by atoms with van der Waals surface area (Å²) in [5, 5.41) is 3.73. The molecule has 9 heteroatoms. The predicted molar refractivity (Wildman–Crippen MR) is 110 cm³/mol. The summed E-state index contributed by atoms with van der Waals surface area (Å²) < 4.78 is 5.86. The number of carbonyl (C=O) groups excluding carboxylic acids is 1. The average molecular weight is 401 g/mol. The molecular weight excluding hydrogens is 380 g/mol. The number of aliphatic imine (C=N–C) groups is 1. The quantitative estimate of drug-likeness (QED) is 0.449. The van der Waals surface area contributed by atoms with Crippen LogP contribution in [0.3, 0.4) is 0 Å². The minimum Gasteiger partial charge on any atom is -0.439 e. The van der Waals surface area contributed by atoms with E-state index in [0.29, 0.717) is 27.6 Å².